The van der Waals surface area contributed by atoms with Crippen molar-refractivity contribution in [2.45, 2.75) is 40.0 Å². The van der Waals surface area contributed by atoms with Gasteiger partial charge in [-0.15, -0.1) is 0 Å². The van der Waals surface area contributed by atoms with Gasteiger partial charge < -0.3 is 0 Å². The van der Waals surface area contributed by atoms with Crippen molar-refractivity contribution in [2.24, 2.45) is 23.6 Å². The summed E-state index contributed by atoms with van der Waals surface area (Å²) in [5, 5.41) is 1.37. The van der Waals surface area contributed by atoms with Crippen LogP contribution in [0, 0.1) is 17.8 Å². The topological polar surface area (TPSA) is 46.3 Å². The molecule has 0 saturated carbocycles. The summed E-state index contributed by atoms with van der Waals surface area (Å²) in [7, 11) is 0. The zero-order valence-electron chi connectivity index (χ0n) is 9.49. The first kappa shape index (κ1) is 11.5. The van der Waals surface area contributed by atoms with Crippen molar-refractivity contribution >= 4 is 5.91 Å². The first-order chi connectivity index (χ1) is 6.50. The van der Waals surface area contributed by atoms with Gasteiger partial charge in [-0.05, 0) is 17.8 Å². The van der Waals surface area contributed by atoms with E-state index in [2.05, 4.69) is 20.8 Å². The number of hydrazine groups is 1. The molecule has 82 valence electrons. The monoisotopic (exact) mass is 198 g/mol. The Morgan fingerprint density at radius 3 is 2.50 bits per heavy atom. The molecule has 0 radical (unpaired) electrons. The maximum atomic E-state index is 11.2. The molecule has 0 spiro atoms. The van der Waals surface area contributed by atoms with Crippen LogP contribution in [0.2, 0.25) is 0 Å². The van der Waals surface area contributed by atoms with Crippen LogP contribution in [0.25, 0.3) is 0 Å². The van der Waals surface area contributed by atoms with E-state index in [0.717, 1.165) is 12.5 Å². The number of hydrogen-bond acceptors (Lipinski definition) is 2. The molecular formula is C11H22N2O. The van der Waals surface area contributed by atoms with Gasteiger partial charge in [-0.2, -0.15) is 0 Å². The lowest BCUT2D eigenvalue weighted by Gasteiger charge is -2.18. The Kier molecular flexibility index (Phi) is 3.93. The van der Waals surface area contributed by atoms with Crippen LogP contribution in [0.5, 0.6) is 0 Å². The first-order valence-electron chi connectivity index (χ1n) is 5.55. The molecule has 0 aromatic carbocycles. The largest absolute Gasteiger partial charge is 0.280 e. The van der Waals surface area contributed by atoms with E-state index in [1.165, 1.54) is 17.9 Å². The van der Waals surface area contributed by atoms with Crippen molar-refractivity contribution in [2.75, 3.05) is 6.54 Å². The summed E-state index contributed by atoms with van der Waals surface area (Å²) in [4.78, 5) is 11.2. The van der Waals surface area contributed by atoms with E-state index in [9.17, 15) is 4.79 Å². The van der Waals surface area contributed by atoms with Crippen molar-refractivity contribution in [1.29, 1.82) is 0 Å². The molecule has 2 atom stereocenters. The van der Waals surface area contributed by atoms with Gasteiger partial charge in [-0.25, -0.2) is 5.84 Å². The Morgan fingerprint density at radius 1 is 1.43 bits per heavy atom. The zero-order valence-corrected chi connectivity index (χ0v) is 9.49. The number of rotatable bonds is 4. The molecule has 2 N–H and O–H groups in total. The average Bonchev–Trinajstić information content (AvgIpc) is 2.43. The van der Waals surface area contributed by atoms with E-state index in [4.69, 9.17) is 5.84 Å². The van der Waals surface area contributed by atoms with E-state index in [1.54, 1.807) is 0 Å². The highest BCUT2D eigenvalue weighted by molar-refractivity contribution is 5.77. The Balaban J connectivity index is 2.32. The van der Waals surface area contributed by atoms with Crippen LogP contribution in [0.3, 0.4) is 0 Å². The van der Waals surface area contributed by atoms with Gasteiger partial charge in [0.2, 0.25) is 5.91 Å². The van der Waals surface area contributed by atoms with Gasteiger partial charge in [0, 0.05) is 13.0 Å². The standard InChI is InChI=1S/C11H22N2O/c1-8(2)4-5-9(3)10-6-11(14)13(12)7-10/h8-10H,4-7,12H2,1-3H3. The predicted octanol–water partition coefficient (Wildman–Crippen LogP) is 1.78. The Hall–Kier alpha value is -0.570. The lowest BCUT2D eigenvalue weighted by molar-refractivity contribution is -0.127. The van der Waals surface area contributed by atoms with Crippen LogP contribution in [0.1, 0.15) is 40.0 Å². The maximum absolute atomic E-state index is 11.2. The SMILES string of the molecule is CC(C)CCC(C)C1CC(=O)N(N)C1. The molecule has 14 heavy (non-hydrogen) atoms. The molecule has 1 aliphatic heterocycles. The second-order valence-electron chi connectivity index (χ2n) is 4.96. The maximum Gasteiger partial charge on any atom is 0.236 e. The second-order valence-corrected chi connectivity index (χ2v) is 4.96. The fourth-order valence-electron chi connectivity index (χ4n) is 1.97. The molecular weight excluding hydrogens is 176 g/mol. The zero-order chi connectivity index (χ0) is 10.7. The molecule has 3 nitrogen and oxygen atoms in total. The van der Waals surface area contributed by atoms with Crippen molar-refractivity contribution < 1.29 is 4.79 Å². The van der Waals surface area contributed by atoms with E-state index in [-0.39, 0.29) is 5.91 Å². The van der Waals surface area contributed by atoms with Crippen LogP contribution in [-0.2, 0) is 4.79 Å². The summed E-state index contributed by atoms with van der Waals surface area (Å²) in [6.45, 7) is 7.46. The predicted molar refractivity (Wildman–Crippen MR) is 57.2 cm³/mol. The molecule has 1 heterocycles. The van der Waals surface area contributed by atoms with Crippen molar-refractivity contribution in [3.05, 3.63) is 0 Å². The number of amides is 1. The molecule has 1 aliphatic rings. The van der Waals surface area contributed by atoms with Crippen LogP contribution in [0.4, 0.5) is 0 Å². The summed E-state index contributed by atoms with van der Waals surface area (Å²) in [6, 6.07) is 0. The molecule has 1 rings (SSSR count). The Morgan fingerprint density at radius 2 is 2.07 bits per heavy atom. The highest BCUT2D eigenvalue weighted by atomic mass is 16.2. The molecule has 2 unspecified atom stereocenters. The van der Waals surface area contributed by atoms with Crippen LogP contribution >= 0.6 is 0 Å². The number of hydrogen-bond donors (Lipinski definition) is 1. The van der Waals surface area contributed by atoms with Crippen molar-refractivity contribution in [3.63, 3.8) is 0 Å². The van der Waals surface area contributed by atoms with Gasteiger partial charge in [-0.3, -0.25) is 9.80 Å². The fraction of sp³-hybridized carbons (Fsp3) is 0.909. The summed E-state index contributed by atoms with van der Waals surface area (Å²) < 4.78 is 0. The molecule has 0 bridgehead atoms. The number of nitrogens with zero attached hydrogens (tertiary/aromatic N) is 1. The smallest absolute Gasteiger partial charge is 0.236 e. The van der Waals surface area contributed by atoms with Crippen LogP contribution in [0.15, 0.2) is 0 Å². The third kappa shape index (κ3) is 2.98. The molecule has 1 amide bonds. The van der Waals surface area contributed by atoms with Gasteiger partial charge in [-0.1, -0.05) is 33.6 Å². The minimum Gasteiger partial charge on any atom is -0.280 e. The van der Waals surface area contributed by atoms with Gasteiger partial charge in [0.25, 0.3) is 0 Å². The Bertz CT molecular complexity index is 203. The third-order valence-corrected chi connectivity index (χ3v) is 3.19. The summed E-state index contributed by atoms with van der Waals surface area (Å²) >= 11 is 0. The molecule has 0 aliphatic carbocycles. The average molecular weight is 198 g/mol. The summed E-state index contributed by atoms with van der Waals surface area (Å²) in [5.74, 6) is 7.50. The third-order valence-electron chi connectivity index (χ3n) is 3.19. The minimum absolute atomic E-state index is 0.103. The lowest BCUT2D eigenvalue weighted by atomic mass is 9.87. The van der Waals surface area contributed by atoms with E-state index < -0.39 is 0 Å². The summed E-state index contributed by atoms with van der Waals surface area (Å²) in [6.07, 6.45) is 3.11. The van der Waals surface area contributed by atoms with Crippen LogP contribution in [-0.4, -0.2) is 17.5 Å². The molecule has 3 heteroatoms. The van der Waals surface area contributed by atoms with Crippen molar-refractivity contribution in [1.82, 2.24) is 5.01 Å². The number of carbonyl (C=O) groups excluding carboxylic acids is 1. The number of nitrogens with two attached hydrogens (primary N) is 1. The minimum atomic E-state index is 0.103. The van der Waals surface area contributed by atoms with E-state index in [0.29, 0.717) is 18.3 Å². The highest BCUT2D eigenvalue weighted by Crippen LogP contribution is 2.27. The lowest BCUT2D eigenvalue weighted by Crippen LogP contribution is -2.32. The van der Waals surface area contributed by atoms with Gasteiger partial charge in [0.15, 0.2) is 0 Å². The first-order valence-corrected chi connectivity index (χ1v) is 5.55. The molecule has 0 aromatic rings. The Labute approximate surface area is 86.6 Å². The summed E-state index contributed by atoms with van der Waals surface area (Å²) in [5.41, 5.74) is 0. The van der Waals surface area contributed by atoms with Gasteiger partial charge >= 0.3 is 0 Å². The normalized spacial score (nSPS) is 24.8. The van der Waals surface area contributed by atoms with Gasteiger partial charge in [0.1, 0.15) is 0 Å². The molecule has 0 aromatic heterocycles. The quantitative estimate of drug-likeness (QED) is 0.553. The molecule has 1 fully saturated rings. The van der Waals surface area contributed by atoms with Crippen molar-refractivity contribution in [3.8, 4) is 0 Å². The fourth-order valence-corrected chi connectivity index (χ4v) is 1.97. The molecule has 1 saturated heterocycles. The second kappa shape index (κ2) is 4.78. The van der Waals surface area contributed by atoms with E-state index >= 15 is 0 Å². The van der Waals surface area contributed by atoms with Gasteiger partial charge in [0.05, 0.1) is 0 Å². The number of carbonyl (C=O) groups is 1. The van der Waals surface area contributed by atoms with Crippen LogP contribution < -0.4 is 5.84 Å². The van der Waals surface area contributed by atoms with E-state index in [1.807, 2.05) is 0 Å². The highest BCUT2D eigenvalue weighted by Gasteiger charge is 2.30.